The van der Waals surface area contributed by atoms with Crippen LogP contribution in [0.25, 0.3) is 9.75 Å². The molecule has 0 fully saturated rings. The van der Waals surface area contributed by atoms with Crippen LogP contribution in [0.4, 0.5) is 0 Å². The van der Waals surface area contributed by atoms with Gasteiger partial charge in [0.25, 0.3) is 0 Å². The molecule has 2 heterocycles. The molecule has 3 nitrogen and oxygen atoms in total. The maximum atomic E-state index is 11.3. The van der Waals surface area contributed by atoms with Crippen LogP contribution in [0, 0.1) is 6.92 Å². The van der Waals surface area contributed by atoms with Crippen molar-refractivity contribution in [3.8, 4) is 9.75 Å². The lowest BCUT2D eigenvalue weighted by molar-refractivity contribution is 0.0692. The van der Waals surface area contributed by atoms with Crippen LogP contribution in [0.3, 0.4) is 0 Å². The first-order chi connectivity index (χ1) is 8.30. The molecule has 2 rings (SSSR count). The summed E-state index contributed by atoms with van der Waals surface area (Å²) >= 11 is 3.05. The van der Waals surface area contributed by atoms with E-state index in [2.05, 4.69) is 4.98 Å². The van der Waals surface area contributed by atoms with Gasteiger partial charge in [0.05, 0.1) is 9.88 Å². The minimum absolute atomic E-state index is 0.127. The molecule has 0 bridgehead atoms. The van der Waals surface area contributed by atoms with Gasteiger partial charge in [0, 0.05) is 10.3 Å². The largest absolute Gasteiger partial charge is 0.476 e. The lowest BCUT2D eigenvalue weighted by Crippen LogP contribution is -2.11. The monoisotopic (exact) mass is 281 g/mol. The summed E-state index contributed by atoms with van der Waals surface area (Å²) in [6, 6.07) is 2.00. The summed E-state index contributed by atoms with van der Waals surface area (Å²) in [6.45, 7) is 8.13. The molecule has 0 spiro atoms. The van der Waals surface area contributed by atoms with Gasteiger partial charge in [-0.2, -0.15) is 0 Å². The molecule has 0 saturated carbocycles. The average molecular weight is 281 g/mol. The molecule has 0 radical (unpaired) electrons. The van der Waals surface area contributed by atoms with E-state index < -0.39 is 5.97 Å². The highest BCUT2D eigenvalue weighted by Gasteiger charge is 2.26. The summed E-state index contributed by atoms with van der Waals surface area (Å²) < 4.78 is 0. The van der Waals surface area contributed by atoms with E-state index in [9.17, 15) is 9.90 Å². The third kappa shape index (κ3) is 2.33. The number of aryl methyl sites for hydroxylation is 1. The smallest absolute Gasteiger partial charge is 0.356 e. The van der Waals surface area contributed by atoms with Crippen molar-refractivity contribution >= 4 is 28.6 Å². The van der Waals surface area contributed by atoms with Gasteiger partial charge in [0.2, 0.25) is 0 Å². The highest BCUT2D eigenvalue weighted by Crippen LogP contribution is 2.39. The van der Waals surface area contributed by atoms with Crippen LogP contribution in [0.2, 0.25) is 0 Å². The van der Waals surface area contributed by atoms with Gasteiger partial charge >= 0.3 is 5.97 Å². The van der Waals surface area contributed by atoms with Crippen molar-refractivity contribution in [1.29, 1.82) is 0 Å². The quantitative estimate of drug-likeness (QED) is 0.898. The second kappa shape index (κ2) is 4.48. The third-order valence-electron chi connectivity index (χ3n) is 2.54. The van der Waals surface area contributed by atoms with E-state index in [0.717, 1.165) is 20.3 Å². The Morgan fingerprint density at radius 1 is 1.33 bits per heavy atom. The molecule has 0 unspecified atom stereocenters. The molecule has 18 heavy (non-hydrogen) atoms. The number of carboxylic acids is 1. The number of aromatic carboxylic acids is 1. The first-order valence-electron chi connectivity index (χ1n) is 5.60. The van der Waals surface area contributed by atoms with Gasteiger partial charge < -0.3 is 5.11 Å². The van der Waals surface area contributed by atoms with Gasteiger partial charge in [-0.05, 0) is 23.9 Å². The van der Waals surface area contributed by atoms with E-state index in [1.54, 1.807) is 11.3 Å². The Hall–Kier alpha value is -1.20. The van der Waals surface area contributed by atoms with Crippen LogP contribution in [-0.2, 0) is 5.41 Å². The molecule has 2 aromatic heterocycles. The number of thiazole rings is 1. The Morgan fingerprint density at radius 2 is 2.00 bits per heavy atom. The van der Waals surface area contributed by atoms with Gasteiger partial charge in [-0.3, -0.25) is 0 Å². The van der Waals surface area contributed by atoms with Gasteiger partial charge in [-0.1, -0.05) is 20.8 Å². The second-order valence-corrected chi connectivity index (χ2v) is 7.10. The molecular weight excluding hydrogens is 266 g/mol. The van der Waals surface area contributed by atoms with Crippen LogP contribution < -0.4 is 0 Å². The van der Waals surface area contributed by atoms with E-state index in [4.69, 9.17) is 0 Å². The minimum Gasteiger partial charge on any atom is -0.476 e. The molecule has 0 aliphatic heterocycles. The summed E-state index contributed by atoms with van der Waals surface area (Å²) in [7, 11) is 0. The van der Waals surface area contributed by atoms with Crippen molar-refractivity contribution in [2.24, 2.45) is 0 Å². The Kier molecular flexibility index (Phi) is 3.29. The van der Waals surface area contributed by atoms with Crippen LogP contribution in [0.5, 0.6) is 0 Å². The summed E-state index contributed by atoms with van der Waals surface area (Å²) in [5.41, 5.74) is 1.15. The number of thiophene rings is 1. The highest BCUT2D eigenvalue weighted by molar-refractivity contribution is 7.21. The average Bonchev–Trinajstić information content (AvgIpc) is 2.81. The molecule has 2 aromatic rings. The first kappa shape index (κ1) is 13.2. The van der Waals surface area contributed by atoms with Crippen molar-refractivity contribution in [2.45, 2.75) is 33.1 Å². The van der Waals surface area contributed by atoms with Gasteiger partial charge in [0.15, 0.2) is 5.69 Å². The number of carbonyl (C=O) groups is 1. The van der Waals surface area contributed by atoms with E-state index in [1.807, 2.05) is 39.1 Å². The Bertz CT molecular complexity index is 590. The summed E-state index contributed by atoms with van der Waals surface area (Å²) in [5, 5.41) is 12.1. The van der Waals surface area contributed by atoms with E-state index in [0.29, 0.717) is 0 Å². The molecule has 0 aromatic carbocycles. The van der Waals surface area contributed by atoms with Crippen LogP contribution >= 0.6 is 22.7 Å². The number of aromatic nitrogens is 1. The molecule has 0 atom stereocenters. The zero-order chi connectivity index (χ0) is 13.5. The molecule has 0 aliphatic rings. The Balaban J connectivity index is 2.63. The Labute approximate surface area is 114 Å². The zero-order valence-electron chi connectivity index (χ0n) is 10.8. The minimum atomic E-state index is -0.954. The van der Waals surface area contributed by atoms with Crippen molar-refractivity contribution in [2.75, 3.05) is 0 Å². The predicted molar refractivity (Wildman–Crippen MR) is 75.8 cm³/mol. The zero-order valence-corrected chi connectivity index (χ0v) is 12.4. The maximum Gasteiger partial charge on any atom is 0.356 e. The maximum absolute atomic E-state index is 11.3. The summed E-state index contributed by atoms with van der Waals surface area (Å²) in [6.07, 6.45) is 0. The second-order valence-electron chi connectivity index (χ2n) is 5.18. The van der Waals surface area contributed by atoms with Gasteiger partial charge in [-0.15, -0.1) is 22.7 Å². The van der Waals surface area contributed by atoms with E-state index >= 15 is 0 Å². The standard InChI is InChI=1S/C13H15NO2S2/c1-7-5-6-17-9(7)10-8(11(15)16)14-12(18-10)13(2,3)4/h5-6H,1-4H3,(H,15,16). The molecule has 1 N–H and O–H groups in total. The summed E-state index contributed by atoms with van der Waals surface area (Å²) in [5.74, 6) is -0.954. The normalized spacial score (nSPS) is 11.8. The first-order valence-corrected chi connectivity index (χ1v) is 7.29. The number of hydrogen-bond donors (Lipinski definition) is 1. The number of nitrogens with zero attached hydrogens (tertiary/aromatic N) is 1. The number of hydrogen-bond acceptors (Lipinski definition) is 4. The lowest BCUT2D eigenvalue weighted by Gasteiger charge is -2.13. The topological polar surface area (TPSA) is 50.2 Å². The van der Waals surface area contributed by atoms with Crippen molar-refractivity contribution in [1.82, 2.24) is 4.98 Å². The Morgan fingerprint density at radius 3 is 2.44 bits per heavy atom. The van der Waals surface area contributed by atoms with Gasteiger partial charge in [-0.25, -0.2) is 9.78 Å². The van der Waals surface area contributed by atoms with Crippen molar-refractivity contribution in [3.63, 3.8) is 0 Å². The fraction of sp³-hybridized carbons (Fsp3) is 0.385. The fourth-order valence-electron chi connectivity index (χ4n) is 1.55. The molecule has 96 valence electrons. The van der Waals surface area contributed by atoms with Crippen LogP contribution in [-0.4, -0.2) is 16.1 Å². The highest BCUT2D eigenvalue weighted by atomic mass is 32.1. The van der Waals surface area contributed by atoms with E-state index in [-0.39, 0.29) is 11.1 Å². The van der Waals surface area contributed by atoms with Crippen molar-refractivity contribution < 1.29 is 9.90 Å². The molecule has 0 aliphatic carbocycles. The fourth-order valence-corrected chi connectivity index (χ4v) is 3.80. The number of carboxylic acid groups (broad SMARTS) is 1. The lowest BCUT2D eigenvalue weighted by atomic mass is 9.98. The third-order valence-corrected chi connectivity index (χ3v) is 5.20. The van der Waals surface area contributed by atoms with E-state index in [1.165, 1.54) is 11.3 Å². The van der Waals surface area contributed by atoms with Crippen molar-refractivity contribution in [3.05, 3.63) is 27.7 Å². The predicted octanol–water partition coefficient (Wildman–Crippen LogP) is 4.18. The number of rotatable bonds is 2. The molecule has 0 saturated heterocycles. The molecule has 0 amide bonds. The summed E-state index contributed by atoms with van der Waals surface area (Å²) in [4.78, 5) is 17.4. The van der Waals surface area contributed by atoms with Crippen LogP contribution in [0.1, 0.15) is 41.8 Å². The van der Waals surface area contributed by atoms with Crippen LogP contribution in [0.15, 0.2) is 11.4 Å². The molecular formula is C13H15NO2S2. The molecule has 5 heteroatoms. The van der Waals surface area contributed by atoms with Gasteiger partial charge in [0.1, 0.15) is 0 Å². The SMILES string of the molecule is Cc1ccsc1-c1sc(C(C)(C)C)nc1C(=O)O.